The highest BCUT2D eigenvalue weighted by molar-refractivity contribution is 5.76. The van der Waals surface area contributed by atoms with Gasteiger partial charge in [-0.1, -0.05) is 0 Å². The molecule has 0 saturated carbocycles. The molecule has 0 amide bonds. The average molecular weight is 231 g/mol. The van der Waals surface area contributed by atoms with Crippen LogP contribution in [-0.2, 0) is 12.6 Å². The molecular weight excluding hydrogens is 226 g/mol. The molecule has 0 aromatic heterocycles. The van der Waals surface area contributed by atoms with Crippen LogP contribution in [0.2, 0.25) is 0 Å². The van der Waals surface area contributed by atoms with Gasteiger partial charge in [-0.3, -0.25) is 4.79 Å². The number of rotatable bonds is 2. The lowest BCUT2D eigenvalue weighted by Crippen LogP contribution is -2.11. The van der Waals surface area contributed by atoms with Crippen molar-refractivity contribution >= 4 is 6.29 Å². The highest BCUT2D eigenvalue weighted by Crippen LogP contribution is 2.33. The van der Waals surface area contributed by atoms with Crippen molar-refractivity contribution < 1.29 is 22.4 Å². The number of aldehydes is 1. The summed E-state index contributed by atoms with van der Waals surface area (Å²) in [6.45, 7) is 0. The van der Waals surface area contributed by atoms with Crippen LogP contribution < -0.4 is 0 Å². The van der Waals surface area contributed by atoms with E-state index in [4.69, 9.17) is 5.26 Å². The summed E-state index contributed by atoms with van der Waals surface area (Å²) in [6.07, 6.45) is -5.21. The average Bonchev–Trinajstić information content (AvgIpc) is 2.19. The van der Waals surface area contributed by atoms with E-state index in [2.05, 4.69) is 0 Å². The molecule has 84 valence electrons. The van der Waals surface area contributed by atoms with Gasteiger partial charge in [-0.05, 0) is 17.7 Å². The second-order valence-electron chi connectivity index (χ2n) is 3.00. The van der Waals surface area contributed by atoms with Crippen LogP contribution in [0.4, 0.5) is 17.6 Å². The van der Waals surface area contributed by atoms with Crippen molar-refractivity contribution in [2.75, 3.05) is 0 Å². The molecule has 2 nitrogen and oxygen atoms in total. The van der Waals surface area contributed by atoms with E-state index >= 15 is 0 Å². The fourth-order valence-electron chi connectivity index (χ4n) is 1.19. The van der Waals surface area contributed by atoms with E-state index in [1.807, 2.05) is 0 Å². The lowest BCUT2D eigenvalue weighted by Gasteiger charge is -2.10. The topological polar surface area (TPSA) is 40.9 Å². The molecule has 0 bridgehead atoms. The smallest absolute Gasteiger partial charge is 0.298 e. The summed E-state index contributed by atoms with van der Waals surface area (Å²) in [5.74, 6) is -1.61. The quantitative estimate of drug-likeness (QED) is 0.580. The minimum atomic E-state index is -4.88. The van der Waals surface area contributed by atoms with Gasteiger partial charge in [0.15, 0.2) is 6.29 Å². The number of nitrogens with zero attached hydrogens (tertiary/aromatic N) is 1. The number of halogens is 4. The maximum atomic E-state index is 13.2. The summed E-state index contributed by atoms with van der Waals surface area (Å²) in [5, 5.41) is 8.33. The molecule has 0 N–H and O–H groups in total. The molecule has 1 aromatic carbocycles. The van der Waals surface area contributed by atoms with Gasteiger partial charge in [0.1, 0.15) is 5.82 Å². The molecule has 16 heavy (non-hydrogen) atoms. The highest BCUT2D eigenvalue weighted by Gasteiger charge is 2.35. The van der Waals surface area contributed by atoms with E-state index in [9.17, 15) is 22.4 Å². The Morgan fingerprint density at radius 2 is 2.00 bits per heavy atom. The SMILES string of the molecule is N#CCc1cc(C=O)c(F)c(C(F)(F)F)c1. The van der Waals surface area contributed by atoms with Crippen LogP contribution in [0.15, 0.2) is 12.1 Å². The molecule has 0 fully saturated rings. The van der Waals surface area contributed by atoms with Gasteiger partial charge in [0.05, 0.1) is 23.6 Å². The molecule has 1 rings (SSSR count). The number of hydrogen-bond acceptors (Lipinski definition) is 2. The van der Waals surface area contributed by atoms with Gasteiger partial charge in [-0.15, -0.1) is 0 Å². The highest BCUT2D eigenvalue weighted by atomic mass is 19.4. The van der Waals surface area contributed by atoms with Gasteiger partial charge in [0.2, 0.25) is 0 Å². The zero-order chi connectivity index (χ0) is 12.3. The Balaban J connectivity index is 3.43. The van der Waals surface area contributed by atoms with Crippen LogP contribution in [0.25, 0.3) is 0 Å². The van der Waals surface area contributed by atoms with E-state index in [0.717, 1.165) is 6.07 Å². The molecular formula is C10H5F4NO. The zero-order valence-electron chi connectivity index (χ0n) is 7.81. The first-order chi connectivity index (χ1) is 7.40. The minimum absolute atomic E-state index is 0.00848. The molecule has 0 aliphatic heterocycles. The third-order valence-electron chi connectivity index (χ3n) is 1.88. The van der Waals surface area contributed by atoms with Gasteiger partial charge in [-0.25, -0.2) is 4.39 Å². The third-order valence-corrected chi connectivity index (χ3v) is 1.88. The first-order valence-electron chi connectivity index (χ1n) is 4.12. The van der Waals surface area contributed by atoms with E-state index in [-0.39, 0.29) is 18.3 Å². The second kappa shape index (κ2) is 4.31. The van der Waals surface area contributed by atoms with Gasteiger partial charge in [0.25, 0.3) is 0 Å². The molecule has 0 unspecified atom stereocenters. The second-order valence-corrected chi connectivity index (χ2v) is 3.00. The molecule has 0 aliphatic rings. The monoisotopic (exact) mass is 231 g/mol. The Labute approximate surface area is 88.1 Å². The van der Waals surface area contributed by atoms with Crippen molar-refractivity contribution in [3.05, 3.63) is 34.6 Å². The number of nitriles is 1. The Morgan fingerprint density at radius 1 is 1.38 bits per heavy atom. The predicted molar refractivity (Wildman–Crippen MR) is 46.1 cm³/mol. The third kappa shape index (κ3) is 2.37. The summed E-state index contributed by atoms with van der Waals surface area (Å²) >= 11 is 0. The first-order valence-corrected chi connectivity index (χ1v) is 4.12. The van der Waals surface area contributed by atoms with Gasteiger partial charge in [0, 0.05) is 0 Å². The standard InChI is InChI=1S/C10H5F4NO/c11-9-7(5-16)3-6(1-2-15)4-8(9)10(12,13)14/h3-5H,1H2. The molecule has 0 spiro atoms. The summed E-state index contributed by atoms with van der Waals surface area (Å²) in [5.41, 5.74) is -2.26. The van der Waals surface area contributed by atoms with Gasteiger partial charge in [-0.2, -0.15) is 18.4 Å². The van der Waals surface area contributed by atoms with E-state index < -0.39 is 23.1 Å². The van der Waals surface area contributed by atoms with Crippen LogP contribution in [-0.4, -0.2) is 6.29 Å². The van der Waals surface area contributed by atoms with Crippen LogP contribution in [0, 0.1) is 17.1 Å². The lowest BCUT2D eigenvalue weighted by molar-refractivity contribution is -0.140. The number of hydrogen-bond donors (Lipinski definition) is 0. The van der Waals surface area contributed by atoms with Crippen molar-refractivity contribution in [3.8, 4) is 6.07 Å². The number of carbonyl (C=O) groups excluding carboxylic acids is 1. The van der Waals surface area contributed by atoms with Gasteiger partial charge < -0.3 is 0 Å². The fraction of sp³-hybridized carbons (Fsp3) is 0.200. The van der Waals surface area contributed by atoms with Crippen LogP contribution in [0.3, 0.4) is 0 Å². The Bertz CT molecular complexity index is 459. The van der Waals surface area contributed by atoms with Crippen molar-refractivity contribution in [3.63, 3.8) is 0 Å². The molecule has 0 atom stereocenters. The normalized spacial score (nSPS) is 10.9. The maximum absolute atomic E-state index is 13.2. The largest absolute Gasteiger partial charge is 0.419 e. The zero-order valence-corrected chi connectivity index (χ0v) is 7.81. The molecule has 0 aliphatic carbocycles. The van der Waals surface area contributed by atoms with Crippen LogP contribution in [0.1, 0.15) is 21.5 Å². The number of benzene rings is 1. The fourth-order valence-corrected chi connectivity index (χ4v) is 1.19. The molecule has 6 heteroatoms. The van der Waals surface area contributed by atoms with Crippen molar-refractivity contribution in [1.29, 1.82) is 5.26 Å². The summed E-state index contributed by atoms with van der Waals surface area (Å²) in [7, 11) is 0. The molecule has 0 heterocycles. The summed E-state index contributed by atoms with van der Waals surface area (Å²) in [6, 6.07) is 3.09. The first kappa shape index (κ1) is 12.2. The van der Waals surface area contributed by atoms with Crippen LogP contribution in [0.5, 0.6) is 0 Å². The van der Waals surface area contributed by atoms with Crippen molar-refractivity contribution in [2.45, 2.75) is 12.6 Å². The predicted octanol–water partition coefficient (Wildman–Crippen LogP) is 2.72. The van der Waals surface area contributed by atoms with Gasteiger partial charge >= 0.3 is 6.18 Å². The Morgan fingerprint density at radius 3 is 2.44 bits per heavy atom. The van der Waals surface area contributed by atoms with E-state index in [1.54, 1.807) is 6.07 Å². The lowest BCUT2D eigenvalue weighted by atomic mass is 10.0. The Kier molecular flexibility index (Phi) is 3.28. The van der Waals surface area contributed by atoms with E-state index in [0.29, 0.717) is 6.07 Å². The summed E-state index contributed by atoms with van der Waals surface area (Å²) < 4.78 is 50.2. The number of carbonyl (C=O) groups is 1. The van der Waals surface area contributed by atoms with Crippen molar-refractivity contribution in [1.82, 2.24) is 0 Å². The van der Waals surface area contributed by atoms with E-state index in [1.165, 1.54) is 0 Å². The summed E-state index contributed by atoms with van der Waals surface area (Å²) in [4.78, 5) is 10.4. The molecule has 1 aromatic rings. The van der Waals surface area contributed by atoms with Crippen LogP contribution >= 0.6 is 0 Å². The maximum Gasteiger partial charge on any atom is 0.419 e. The minimum Gasteiger partial charge on any atom is -0.298 e. The number of alkyl halides is 3. The molecule has 0 radical (unpaired) electrons. The molecule has 0 saturated heterocycles. The Hall–Kier alpha value is -1.90. The van der Waals surface area contributed by atoms with Crippen molar-refractivity contribution in [2.24, 2.45) is 0 Å².